The smallest absolute Gasteiger partial charge is 0.137 e. The van der Waals surface area contributed by atoms with Crippen LogP contribution in [-0.2, 0) is 5.60 Å². The van der Waals surface area contributed by atoms with Crippen molar-refractivity contribution < 1.29 is 9.50 Å². The van der Waals surface area contributed by atoms with Crippen LogP contribution < -0.4 is 5.73 Å². The van der Waals surface area contributed by atoms with Gasteiger partial charge in [-0.1, -0.05) is 12.1 Å². The molecule has 0 aromatic heterocycles. The summed E-state index contributed by atoms with van der Waals surface area (Å²) in [5.41, 5.74) is 5.12. The van der Waals surface area contributed by atoms with Crippen LogP contribution in [0.1, 0.15) is 12.0 Å². The maximum atomic E-state index is 13.4. The fourth-order valence-electron chi connectivity index (χ4n) is 1.69. The van der Waals surface area contributed by atoms with E-state index in [1.807, 2.05) is 0 Å². The number of hydrogen-bond donors (Lipinski definition) is 2. The van der Waals surface area contributed by atoms with Gasteiger partial charge in [0, 0.05) is 22.8 Å². The predicted molar refractivity (Wildman–Crippen MR) is 54.7 cm³/mol. The Morgan fingerprint density at radius 1 is 1.57 bits per heavy atom. The van der Waals surface area contributed by atoms with Crippen LogP contribution in [0.2, 0.25) is 0 Å². The van der Waals surface area contributed by atoms with E-state index in [9.17, 15) is 9.50 Å². The van der Waals surface area contributed by atoms with Crippen LogP contribution in [0.3, 0.4) is 0 Å². The molecule has 1 aromatic carbocycles. The predicted octanol–water partition coefficient (Wildman–Crippen LogP) is 1.47. The van der Waals surface area contributed by atoms with Gasteiger partial charge in [0.1, 0.15) is 11.4 Å². The molecule has 2 rings (SSSR count). The van der Waals surface area contributed by atoms with Gasteiger partial charge in [0.2, 0.25) is 0 Å². The fraction of sp³-hybridized carbons (Fsp3) is 0.400. The van der Waals surface area contributed by atoms with Crippen molar-refractivity contribution in [3.05, 3.63) is 29.6 Å². The zero-order valence-electron chi connectivity index (χ0n) is 7.66. The Morgan fingerprint density at radius 3 is 3.07 bits per heavy atom. The first-order valence-electron chi connectivity index (χ1n) is 4.51. The maximum absolute atomic E-state index is 13.4. The lowest BCUT2D eigenvalue weighted by atomic mass is 9.90. The molecule has 0 saturated heterocycles. The van der Waals surface area contributed by atoms with Crippen molar-refractivity contribution in [1.82, 2.24) is 0 Å². The monoisotopic (exact) mass is 213 g/mol. The van der Waals surface area contributed by atoms with Crippen LogP contribution in [0.5, 0.6) is 0 Å². The van der Waals surface area contributed by atoms with Crippen LogP contribution >= 0.6 is 11.8 Å². The van der Waals surface area contributed by atoms with Crippen LogP contribution in [0.25, 0.3) is 0 Å². The summed E-state index contributed by atoms with van der Waals surface area (Å²) < 4.78 is 13.4. The fourth-order valence-corrected chi connectivity index (χ4v) is 2.95. The van der Waals surface area contributed by atoms with E-state index in [4.69, 9.17) is 5.73 Å². The molecule has 1 aliphatic heterocycles. The number of fused-ring (bicyclic) bond motifs is 1. The average molecular weight is 213 g/mol. The van der Waals surface area contributed by atoms with E-state index in [0.29, 0.717) is 22.6 Å². The van der Waals surface area contributed by atoms with Crippen LogP contribution in [0.15, 0.2) is 23.1 Å². The first kappa shape index (κ1) is 9.96. The molecule has 0 spiro atoms. The molecule has 1 aliphatic rings. The molecule has 14 heavy (non-hydrogen) atoms. The minimum atomic E-state index is -1.04. The van der Waals surface area contributed by atoms with E-state index in [-0.39, 0.29) is 12.4 Å². The van der Waals surface area contributed by atoms with Gasteiger partial charge in [0.15, 0.2) is 0 Å². The van der Waals surface area contributed by atoms with Gasteiger partial charge >= 0.3 is 0 Å². The molecule has 0 radical (unpaired) electrons. The third kappa shape index (κ3) is 1.43. The molecular formula is C10H12FNOS. The highest BCUT2D eigenvalue weighted by atomic mass is 32.2. The highest BCUT2D eigenvalue weighted by Crippen LogP contribution is 2.40. The summed E-state index contributed by atoms with van der Waals surface area (Å²) in [4.78, 5) is 0.548. The minimum absolute atomic E-state index is 0.143. The van der Waals surface area contributed by atoms with Crippen molar-refractivity contribution in [2.75, 3.05) is 12.3 Å². The molecule has 1 atom stereocenters. The number of thioether (sulfide) groups is 1. The lowest BCUT2D eigenvalue weighted by molar-refractivity contribution is 0.0379. The number of benzene rings is 1. The van der Waals surface area contributed by atoms with Crippen LogP contribution in [0.4, 0.5) is 4.39 Å². The van der Waals surface area contributed by atoms with Crippen molar-refractivity contribution in [2.45, 2.75) is 16.9 Å². The molecule has 2 nitrogen and oxygen atoms in total. The van der Waals surface area contributed by atoms with E-state index < -0.39 is 5.60 Å². The summed E-state index contributed by atoms with van der Waals surface area (Å²) in [5.74, 6) is 0.445. The lowest BCUT2D eigenvalue weighted by Crippen LogP contribution is -2.38. The second-order valence-corrected chi connectivity index (χ2v) is 4.56. The first-order chi connectivity index (χ1) is 6.67. The summed E-state index contributed by atoms with van der Waals surface area (Å²) in [6.45, 7) is 0.143. The van der Waals surface area contributed by atoms with E-state index in [1.54, 1.807) is 12.1 Å². The van der Waals surface area contributed by atoms with E-state index >= 15 is 0 Å². The third-order valence-corrected chi connectivity index (χ3v) is 3.68. The molecule has 0 amide bonds. The van der Waals surface area contributed by atoms with E-state index in [0.717, 1.165) is 0 Å². The van der Waals surface area contributed by atoms with Crippen molar-refractivity contribution in [3.63, 3.8) is 0 Å². The molecule has 4 heteroatoms. The van der Waals surface area contributed by atoms with Crippen LogP contribution in [0, 0.1) is 5.82 Å². The third-order valence-electron chi connectivity index (χ3n) is 2.57. The average Bonchev–Trinajstić information content (AvgIpc) is 2.20. The Kier molecular flexibility index (Phi) is 2.51. The van der Waals surface area contributed by atoms with Gasteiger partial charge in [-0.2, -0.15) is 0 Å². The second kappa shape index (κ2) is 3.53. The molecule has 1 unspecified atom stereocenters. The summed E-state index contributed by atoms with van der Waals surface area (Å²) in [6.07, 6.45) is 0.588. The number of halogens is 1. The SMILES string of the molecule is NCC1(O)CCSc2c(F)cccc21. The molecule has 1 heterocycles. The molecule has 1 aromatic rings. The standard InChI is InChI=1S/C10H12FNOS/c11-8-3-1-2-7-9(8)14-5-4-10(7,13)6-12/h1-3,13H,4-6,12H2. The van der Waals surface area contributed by atoms with Crippen LogP contribution in [-0.4, -0.2) is 17.4 Å². The van der Waals surface area contributed by atoms with E-state index in [2.05, 4.69) is 0 Å². The van der Waals surface area contributed by atoms with Crippen molar-refractivity contribution >= 4 is 11.8 Å². The number of rotatable bonds is 1. The van der Waals surface area contributed by atoms with Gasteiger partial charge in [-0.25, -0.2) is 4.39 Å². The van der Waals surface area contributed by atoms with Gasteiger partial charge in [-0.3, -0.25) is 0 Å². The molecule has 3 N–H and O–H groups in total. The number of aliphatic hydroxyl groups is 1. The number of nitrogens with two attached hydrogens (primary N) is 1. The largest absolute Gasteiger partial charge is 0.384 e. The Balaban J connectivity index is 2.55. The zero-order valence-corrected chi connectivity index (χ0v) is 8.48. The first-order valence-corrected chi connectivity index (χ1v) is 5.50. The minimum Gasteiger partial charge on any atom is -0.384 e. The summed E-state index contributed by atoms with van der Waals surface area (Å²) in [7, 11) is 0. The second-order valence-electron chi connectivity index (χ2n) is 3.45. The summed E-state index contributed by atoms with van der Waals surface area (Å²) in [6, 6.07) is 4.77. The Bertz CT molecular complexity index is 358. The quantitative estimate of drug-likeness (QED) is 0.742. The molecule has 0 bridgehead atoms. The maximum Gasteiger partial charge on any atom is 0.137 e. The van der Waals surface area contributed by atoms with Crippen molar-refractivity contribution in [2.24, 2.45) is 5.73 Å². The van der Waals surface area contributed by atoms with E-state index in [1.165, 1.54) is 17.8 Å². The Labute approximate surface area is 86.3 Å². The zero-order chi connectivity index (χ0) is 10.2. The highest BCUT2D eigenvalue weighted by molar-refractivity contribution is 7.99. The van der Waals surface area contributed by atoms with Gasteiger partial charge in [0.05, 0.1) is 0 Å². The van der Waals surface area contributed by atoms with Crippen molar-refractivity contribution in [3.8, 4) is 0 Å². The summed E-state index contributed by atoms with van der Waals surface area (Å²) in [5, 5.41) is 10.2. The van der Waals surface area contributed by atoms with Gasteiger partial charge in [0.25, 0.3) is 0 Å². The lowest BCUT2D eigenvalue weighted by Gasteiger charge is -2.32. The summed E-state index contributed by atoms with van der Waals surface area (Å²) >= 11 is 1.44. The number of hydrogen-bond acceptors (Lipinski definition) is 3. The molecule has 76 valence electrons. The molecule has 0 saturated carbocycles. The van der Waals surface area contributed by atoms with Gasteiger partial charge in [-0.05, 0) is 12.5 Å². The molecular weight excluding hydrogens is 201 g/mol. The molecule has 0 fully saturated rings. The highest BCUT2D eigenvalue weighted by Gasteiger charge is 2.34. The Hall–Kier alpha value is -0.580. The molecule has 0 aliphatic carbocycles. The van der Waals surface area contributed by atoms with Gasteiger partial charge < -0.3 is 10.8 Å². The normalized spacial score (nSPS) is 25.9. The topological polar surface area (TPSA) is 46.2 Å². The Morgan fingerprint density at radius 2 is 2.36 bits per heavy atom. The van der Waals surface area contributed by atoms with Crippen molar-refractivity contribution in [1.29, 1.82) is 0 Å². The van der Waals surface area contributed by atoms with Gasteiger partial charge in [-0.15, -0.1) is 11.8 Å².